The van der Waals surface area contributed by atoms with E-state index in [4.69, 9.17) is 0 Å². The number of nitrogens with zero attached hydrogens (tertiary/aromatic N) is 1. The van der Waals surface area contributed by atoms with E-state index >= 15 is 0 Å². The highest BCUT2D eigenvalue weighted by molar-refractivity contribution is 5.76. The van der Waals surface area contributed by atoms with E-state index in [1.807, 2.05) is 29.9 Å². The van der Waals surface area contributed by atoms with Crippen LogP contribution in [-0.4, -0.2) is 27.7 Å². The van der Waals surface area contributed by atoms with Crippen LogP contribution in [0.5, 0.6) is 0 Å². The van der Waals surface area contributed by atoms with Crippen molar-refractivity contribution < 1.29 is 9.90 Å². The highest BCUT2D eigenvalue weighted by Gasteiger charge is 2.33. The molecule has 19 heavy (non-hydrogen) atoms. The minimum atomic E-state index is -0.153. The summed E-state index contributed by atoms with van der Waals surface area (Å²) in [5, 5.41) is 12.5. The number of aryl methyl sites for hydroxylation is 2. The van der Waals surface area contributed by atoms with Gasteiger partial charge < -0.3 is 15.0 Å². The van der Waals surface area contributed by atoms with Crippen LogP contribution in [0.25, 0.3) is 0 Å². The summed E-state index contributed by atoms with van der Waals surface area (Å²) in [7, 11) is 2.00. The fraction of sp³-hybridized carbons (Fsp3) is 0.667. The molecule has 0 aromatic carbocycles. The maximum Gasteiger partial charge on any atom is 0.220 e. The number of carbonyl (C=O) groups is 1. The molecule has 0 saturated heterocycles. The van der Waals surface area contributed by atoms with Gasteiger partial charge >= 0.3 is 0 Å². The Morgan fingerprint density at radius 2 is 2.32 bits per heavy atom. The summed E-state index contributed by atoms with van der Waals surface area (Å²) in [5.41, 5.74) is 1.18. The monoisotopic (exact) mass is 264 g/mol. The molecule has 0 radical (unpaired) electrons. The topological polar surface area (TPSA) is 54.3 Å². The fourth-order valence-corrected chi connectivity index (χ4v) is 2.79. The average Bonchev–Trinajstić information content (AvgIpc) is 2.75. The van der Waals surface area contributed by atoms with Crippen molar-refractivity contribution in [1.29, 1.82) is 0 Å². The van der Waals surface area contributed by atoms with Crippen molar-refractivity contribution in [2.75, 3.05) is 0 Å². The van der Waals surface area contributed by atoms with Crippen molar-refractivity contribution >= 4 is 5.91 Å². The third-order valence-corrected chi connectivity index (χ3v) is 4.16. The van der Waals surface area contributed by atoms with E-state index in [1.165, 1.54) is 5.69 Å². The van der Waals surface area contributed by atoms with Crippen LogP contribution in [0.3, 0.4) is 0 Å². The molecule has 106 valence electrons. The number of aromatic nitrogens is 1. The highest BCUT2D eigenvalue weighted by atomic mass is 16.3. The number of carbonyl (C=O) groups excluding carboxylic acids is 1. The van der Waals surface area contributed by atoms with Crippen LogP contribution in [0.1, 0.15) is 38.3 Å². The van der Waals surface area contributed by atoms with E-state index in [0.29, 0.717) is 12.3 Å². The van der Waals surface area contributed by atoms with Crippen LogP contribution >= 0.6 is 0 Å². The van der Waals surface area contributed by atoms with E-state index in [-0.39, 0.29) is 18.1 Å². The molecule has 4 nitrogen and oxygen atoms in total. The van der Waals surface area contributed by atoms with E-state index < -0.39 is 0 Å². The Kier molecular flexibility index (Phi) is 4.64. The van der Waals surface area contributed by atoms with Gasteiger partial charge in [-0.15, -0.1) is 0 Å². The lowest BCUT2D eigenvalue weighted by atomic mass is 9.76. The zero-order chi connectivity index (χ0) is 13.8. The summed E-state index contributed by atoms with van der Waals surface area (Å²) in [6.45, 7) is 2.09. The molecule has 2 N–H and O–H groups in total. The number of aliphatic hydroxyl groups excluding tert-OH is 1. The molecule has 1 aliphatic rings. The fourth-order valence-electron chi connectivity index (χ4n) is 2.79. The van der Waals surface area contributed by atoms with E-state index in [1.54, 1.807) is 0 Å². The molecule has 0 aliphatic heterocycles. The predicted octanol–water partition coefficient (Wildman–Crippen LogP) is 1.62. The number of rotatable bonds is 6. The van der Waals surface area contributed by atoms with E-state index in [9.17, 15) is 9.90 Å². The van der Waals surface area contributed by atoms with Gasteiger partial charge in [0.05, 0.1) is 6.10 Å². The first kappa shape index (κ1) is 14.1. The summed E-state index contributed by atoms with van der Waals surface area (Å²) >= 11 is 0. The van der Waals surface area contributed by atoms with Gasteiger partial charge in [-0.05, 0) is 43.7 Å². The molecular weight excluding hydrogens is 240 g/mol. The minimum absolute atomic E-state index is 0.120. The van der Waals surface area contributed by atoms with E-state index in [0.717, 1.165) is 25.7 Å². The molecule has 1 heterocycles. The van der Waals surface area contributed by atoms with Gasteiger partial charge in [-0.1, -0.05) is 6.92 Å². The smallest absolute Gasteiger partial charge is 0.220 e. The lowest BCUT2D eigenvalue weighted by Gasteiger charge is -2.37. The molecule has 1 atom stereocenters. The molecule has 0 unspecified atom stereocenters. The molecule has 1 aromatic heterocycles. The molecule has 1 aliphatic carbocycles. The Balaban J connectivity index is 1.75. The van der Waals surface area contributed by atoms with Crippen molar-refractivity contribution in [3.63, 3.8) is 0 Å². The average molecular weight is 264 g/mol. The van der Waals surface area contributed by atoms with Crippen LogP contribution in [0.2, 0.25) is 0 Å². The molecule has 2 rings (SSSR count). The molecule has 1 saturated carbocycles. The van der Waals surface area contributed by atoms with Gasteiger partial charge in [-0.25, -0.2) is 0 Å². The Labute approximate surface area is 114 Å². The molecule has 1 amide bonds. The second-order valence-corrected chi connectivity index (χ2v) is 5.58. The summed E-state index contributed by atoms with van der Waals surface area (Å²) < 4.78 is 2.05. The van der Waals surface area contributed by atoms with Crippen molar-refractivity contribution in [2.24, 2.45) is 13.0 Å². The minimum Gasteiger partial charge on any atom is -0.393 e. The maximum atomic E-state index is 12.0. The van der Waals surface area contributed by atoms with Crippen molar-refractivity contribution in [3.05, 3.63) is 24.0 Å². The Bertz CT molecular complexity index is 422. The standard InChI is InChI=1S/C15H24N2O2/c1-3-14(11-9-13(18)10-11)16-15(19)7-6-12-5-4-8-17(12)2/h4-5,8,11,13-14,18H,3,6-7,9-10H2,1-2H3,(H,16,19)/t11?,13?,14-/m0/s1. The maximum absolute atomic E-state index is 12.0. The highest BCUT2D eigenvalue weighted by Crippen LogP contribution is 2.31. The first-order valence-corrected chi connectivity index (χ1v) is 7.17. The van der Waals surface area contributed by atoms with Gasteiger partial charge in [0.25, 0.3) is 0 Å². The first-order valence-electron chi connectivity index (χ1n) is 7.17. The zero-order valence-corrected chi connectivity index (χ0v) is 11.8. The van der Waals surface area contributed by atoms with Crippen LogP contribution in [0.4, 0.5) is 0 Å². The first-order chi connectivity index (χ1) is 9.10. The molecule has 1 aromatic rings. The van der Waals surface area contributed by atoms with Crippen LogP contribution in [0, 0.1) is 5.92 Å². The lowest BCUT2D eigenvalue weighted by molar-refractivity contribution is -0.123. The molecule has 1 fully saturated rings. The Morgan fingerprint density at radius 3 is 2.84 bits per heavy atom. The normalized spacial score (nSPS) is 23.7. The second-order valence-electron chi connectivity index (χ2n) is 5.58. The SMILES string of the molecule is CC[C@H](NC(=O)CCc1cccn1C)C1CC(O)C1. The largest absolute Gasteiger partial charge is 0.393 e. The van der Waals surface area contributed by atoms with Gasteiger partial charge in [0.15, 0.2) is 0 Å². The number of hydrogen-bond acceptors (Lipinski definition) is 2. The second kappa shape index (κ2) is 6.24. The van der Waals surface area contributed by atoms with Gasteiger partial charge in [0, 0.05) is 31.4 Å². The lowest BCUT2D eigenvalue weighted by Crippen LogP contribution is -2.46. The number of aliphatic hydroxyl groups is 1. The molecule has 0 bridgehead atoms. The summed E-state index contributed by atoms with van der Waals surface area (Å²) in [4.78, 5) is 12.0. The quantitative estimate of drug-likeness (QED) is 0.820. The van der Waals surface area contributed by atoms with Crippen molar-refractivity contribution in [1.82, 2.24) is 9.88 Å². The van der Waals surface area contributed by atoms with Gasteiger partial charge in [0.1, 0.15) is 0 Å². The Morgan fingerprint density at radius 1 is 1.58 bits per heavy atom. The third kappa shape index (κ3) is 3.60. The van der Waals surface area contributed by atoms with Crippen LogP contribution in [-0.2, 0) is 18.3 Å². The predicted molar refractivity (Wildman–Crippen MR) is 74.7 cm³/mol. The molecule has 0 spiro atoms. The number of hydrogen-bond donors (Lipinski definition) is 2. The number of nitrogens with one attached hydrogen (secondary N) is 1. The number of amides is 1. The molecular formula is C15H24N2O2. The van der Waals surface area contributed by atoms with Crippen molar-refractivity contribution in [2.45, 2.75) is 51.2 Å². The zero-order valence-electron chi connectivity index (χ0n) is 11.8. The summed E-state index contributed by atoms with van der Waals surface area (Å²) in [6.07, 6.45) is 5.75. The summed E-state index contributed by atoms with van der Waals surface area (Å²) in [5.74, 6) is 0.577. The van der Waals surface area contributed by atoms with E-state index in [2.05, 4.69) is 12.2 Å². The Hall–Kier alpha value is -1.29. The third-order valence-electron chi connectivity index (χ3n) is 4.16. The van der Waals surface area contributed by atoms with Gasteiger partial charge in [-0.3, -0.25) is 4.79 Å². The van der Waals surface area contributed by atoms with Crippen molar-refractivity contribution in [3.8, 4) is 0 Å². The van der Waals surface area contributed by atoms with Crippen LogP contribution in [0.15, 0.2) is 18.3 Å². The van der Waals surface area contributed by atoms with Gasteiger partial charge in [0.2, 0.25) is 5.91 Å². The summed E-state index contributed by atoms with van der Waals surface area (Å²) in [6, 6.07) is 4.27. The van der Waals surface area contributed by atoms with Gasteiger partial charge in [-0.2, -0.15) is 0 Å². The molecule has 4 heteroatoms. The van der Waals surface area contributed by atoms with Crippen LogP contribution < -0.4 is 5.32 Å².